The Hall–Kier alpha value is -0.400. The van der Waals surface area contributed by atoms with E-state index in [9.17, 15) is 18.0 Å². The number of ketones is 2. The molecule has 2 bridgehead atoms. The quantitative estimate of drug-likeness (QED) is 0.624. The third-order valence-electron chi connectivity index (χ3n) is 7.57. The first-order valence-electron chi connectivity index (χ1n) is 10.1. The average molecular weight is 419 g/mol. The van der Waals surface area contributed by atoms with Gasteiger partial charge in [-0.25, -0.2) is 3.63 Å². The molecule has 3 fully saturated rings. The highest BCUT2D eigenvalue weighted by Crippen LogP contribution is 2.65. The first kappa shape index (κ1) is 21.3. The first-order chi connectivity index (χ1) is 12.4. The summed E-state index contributed by atoms with van der Waals surface area (Å²) in [7, 11) is -5.97. The lowest BCUT2D eigenvalue weighted by Crippen LogP contribution is -2.43. The van der Waals surface area contributed by atoms with Crippen molar-refractivity contribution in [3.05, 3.63) is 0 Å². The van der Waals surface area contributed by atoms with Gasteiger partial charge in [-0.1, -0.05) is 33.1 Å². The SMILES string of the molecule is CC(=O)CS(C)(OS(=O)(=O)CC12CCC(CC1=O)C2(C)C)C1CCCCC1. The van der Waals surface area contributed by atoms with Gasteiger partial charge in [0.1, 0.15) is 11.6 Å². The van der Waals surface area contributed by atoms with Crippen LogP contribution >= 0.6 is 10.3 Å². The zero-order valence-electron chi connectivity index (χ0n) is 17.1. The Kier molecular flexibility index (Phi) is 5.63. The van der Waals surface area contributed by atoms with Crippen molar-refractivity contribution in [2.75, 3.05) is 17.8 Å². The van der Waals surface area contributed by atoms with Gasteiger partial charge in [0.15, 0.2) is 0 Å². The van der Waals surface area contributed by atoms with Crippen molar-refractivity contribution in [3.63, 3.8) is 0 Å². The molecule has 5 nitrogen and oxygen atoms in total. The minimum absolute atomic E-state index is 0.0235. The maximum Gasteiger partial charge on any atom is 0.277 e. The average Bonchev–Trinajstić information content (AvgIpc) is 2.88. The van der Waals surface area contributed by atoms with Crippen LogP contribution < -0.4 is 0 Å². The molecule has 3 aliphatic carbocycles. The van der Waals surface area contributed by atoms with Crippen LogP contribution in [0.5, 0.6) is 0 Å². The lowest BCUT2D eigenvalue weighted by molar-refractivity contribution is -0.128. The standard InChI is InChI=1S/C20H34O5S2/c1-15(21)13-26(4,17-8-6-5-7-9-17)25-27(23,24)14-20-11-10-16(12-18(20)22)19(20,2)3/h16-17H,5-14H2,1-4H3. The van der Waals surface area contributed by atoms with E-state index in [0.29, 0.717) is 12.8 Å². The van der Waals surface area contributed by atoms with Crippen LogP contribution in [0.3, 0.4) is 0 Å². The highest BCUT2D eigenvalue weighted by Gasteiger charge is 2.65. The highest BCUT2D eigenvalue weighted by atomic mass is 32.3. The Labute approximate surface area is 165 Å². The fraction of sp³-hybridized carbons (Fsp3) is 0.900. The molecule has 0 radical (unpaired) electrons. The lowest BCUT2D eigenvalue weighted by Gasteiger charge is -2.44. The molecule has 3 unspecified atom stereocenters. The van der Waals surface area contributed by atoms with Crippen LogP contribution in [0.4, 0.5) is 0 Å². The summed E-state index contributed by atoms with van der Waals surface area (Å²) >= 11 is 0. The number of Topliss-reactive ketones (excluding diaryl/α,β-unsaturated/α-hetero) is 2. The largest absolute Gasteiger partial charge is 0.299 e. The summed E-state index contributed by atoms with van der Waals surface area (Å²) in [6, 6.07) is 0. The van der Waals surface area contributed by atoms with Crippen LogP contribution in [-0.2, 0) is 23.3 Å². The fourth-order valence-electron chi connectivity index (χ4n) is 5.84. The molecule has 0 aliphatic heterocycles. The fourth-order valence-corrected chi connectivity index (χ4v) is 12.2. The normalized spacial score (nSPS) is 34.4. The van der Waals surface area contributed by atoms with E-state index in [4.69, 9.17) is 3.63 Å². The van der Waals surface area contributed by atoms with Crippen LogP contribution in [0.1, 0.15) is 72.1 Å². The van der Waals surface area contributed by atoms with Crippen LogP contribution in [-0.4, -0.2) is 43.0 Å². The van der Waals surface area contributed by atoms with Crippen LogP contribution in [0.2, 0.25) is 0 Å². The number of rotatable bonds is 7. The molecule has 0 heterocycles. The van der Waals surface area contributed by atoms with Crippen molar-refractivity contribution in [3.8, 4) is 0 Å². The van der Waals surface area contributed by atoms with Gasteiger partial charge in [0.25, 0.3) is 10.1 Å². The highest BCUT2D eigenvalue weighted by molar-refractivity contribution is 8.33. The Morgan fingerprint density at radius 1 is 1.15 bits per heavy atom. The molecule has 0 aromatic heterocycles. The molecule has 0 aromatic rings. The van der Waals surface area contributed by atoms with Gasteiger partial charge in [-0.3, -0.25) is 9.59 Å². The molecule has 0 N–H and O–H groups in total. The summed E-state index contributed by atoms with van der Waals surface area (Å²) in [5.41, 5.74) is -1.13. The Bertz CT molecular complexity index is 723. The van der Waals surface area contributed by atoms with Crippen molar-refractivity contribution >= 4 is 32.0 Å². The maximum absolute atomic E-state index is 13.2. The number of carbonyl (C=O) groups excluding carboxylic acids is 2. The molecule has 0 spiro atoms. The van der Waals surface area contributed by atoms with Gasteiger partial charge >= 0.3 is 0 Å². The number of fused-ring (bicyclic) bond motifs is 2. The van der Waals surface area contributed by atoms with E-state index in [2.05, 4.69) is 0 Å². The Morgan fingerprint density at radius 2 is 1.78 bits per heavy atom. The second-order valence-electron chi connectivity index (χ2n) is 9.61. The van der Waals surface area contributed by atoms with Crippen molar-refractivity contribution in [2.45, 2.75) is 77.4 Å². The third-order valence-corrected chi connectivity index (χ3v) is 13.3. The van der Waals surface area contributed by atoms with E-state index in [1.54, 1.807) is 0 Å². The smallest absolute Gasteiger partial charge is 0.277 e. The summed E-state index contributed by atoms with van der Waals surface area (Å²) in [4.78, 5) is 24.6. The maximum atomic E-state index is 13.2. The van der Waals surface area contributed by atoms with Crippen molar-refractivity contribution in [1.29, 1.82) is 0 Å². The topological polar surface area (TPSA) is 77.5 Å². The first-order valence-corrected chi connectivity index (χ1v) is 13.9. The molecular formula is C20H34O5S2. The summed E-state index contributed by atoms with van der Waals surface area (Å²) < 4.78 is 32.3. The molecule has 0 aromatic carbocycles. The van der Waals surface area contributed by atoms with Gasteiger partial charge < -0.3 is 0 Å². The van der Waals surface area contributed by atoms with E-state index >= 15 is 0 Å². The van der Waals surface area contributed by atoms with Crippen LogP contribution in [0.25, 0.3) is 0 Å². The molecule has 3 aliphatic rings. The van der Waals surface area contributed by atoms with E-state index in [1.165, 1.54) is 6.92 Å². The second kappa shape index (κ2) is 7.13. The van der Waals surface area contributed by atoms with Crippen molar-refractivity contribution in [2.24, 2.45) is 16.7 Å². The lowest BCUT2D eigenvalue weighted by atomic mass is 9.70. The zero-order valence-corrected chi connectivity index (χ0v) is 18.7. The zero-order chi connectivity index (χ0) is 20.1. The molecular weight excluding hydrogens is 384 g/mol. The van der Waals surface area contributed by atoms with Gasteiger partial charge in [-0.2, -0.15) is 8.42 Å². The van der Waals surface area contributed by atoms with Crippen molar-refractivity contribution < 1.29 is 21.6 Å². The molecule has 0 amide bonds. The van der Waals surface area contributed by atoms with Gasteiger partial charge in [0, 0.05) is 11.7 Å². The molecule has 0 saturated heterocycles. The Balaban J connectivity index is 1.85. The second-order valence-corrected chi connectivity index (χ2v) is 14.7. The van der Waals surface area contributed by atoms with Crippen LogP contribution in [0.15, 0.2) is 0 Å². The Morgan fingerprint density at radius 3 is 2.26 bits per heavy atom. The molecule has 156 valence electrons. The summed E-state index contributed by atoms with van der Waals surface area (Å²) in [5, 5.41) is 0.144. The summed E-state index contributed by atoms with van der Waals surface area (Å²) in [5.74, 6) is 0.287. The van der Waals surface area contributed by atoms with Gasteiger partial charge in [0.05, 0.1) is 16.9 Å². The summed E-state index contributed by atoms with van der Waals surface area (Å²) in [6.07, 6.45) is 9.02. The predicted octanol–water partition coefficient (Wildman–Crippen LogP) is 4.00. The molecule has 3 atom stereocenters. The number of hydrogen-bond donors (Lipinski definition) is 0. The van der Waals surface area contributed by atoms with Gasteiger partial charge in [-0.05, 0) is 50.2 Å². The predicted molar refractivity (Wildman–Crippen MR) is 109 cm³/mol. The molecule has 3 rings (SSSR count). The minimum Gasteiger partial charge on any atom is -0.299 e. The van der Waals surface area contributed by atoms with Crippen molar-refractivity contribution in [1.82, 2.24) is 0 Å². The van der Waals surface area contributed by atoms with E-state index in [1.807, 2.05) is 20.1 Å². The molecule has 7 heteroatoms. The monoisotopic (exact) mass is 418 g/mol. The van der Waals surface area contributed by atoms with E-state index < -0.39 is 25.8 Å². The van der Waals surface area contributed by atoms with E-state index in [0.717, 1.165) is 38.5 Å². The van der Waals surface area contributed by atoms with E-state index in [-0.39, 0.29) is 39.7 Å². The minimum atomic E-state index is -3.90. The summed E-state index contributed by atoms with van der Waals surface area (Å²) in [6.45, 7) is 5.58. The van der Waals surface area contributed by atoms with Gasteiger partial charge in [0.2, 0.25) is 0 Å². The van der Waals surface area contributed by atoms with Crippen LogP contribution in [0, 0.1) is 16.7 Å². The molecule has 27 heavy (non-hydrogen) atoms. The third kappa shape index (κ3) is 3.76. The molecule has 3 saturated carbocycles. The number of carbonyl (C=O) groups is 2. The number of hydrogen-bond acceptors (Lipinski definition) is 5. The van der Waals surface area contributed by atoms with Gasteiger partial charge in [-0.15, -0.1) is 10.3 Å².